The molecule has 1 rings (SSSR count). The van der Waals surface area contributed by atoms with Crippen LogP contribution in [0.5, 0.6) is 0 Å². The molecule has 182 valence electrons. The Balaban J connectivity index is 0.00000466. The van der Waals surface area contributed by atoms with Gasteiger partial charge in [0.05, 0.1) is 0 Å². The molecule has 7 heteroatoms. The Morgan fingerprint density at radius 2 is 1.62 bits per heavy atom. The van der Waals surface area contributed by atoms with Crippen LogP contribution in [0.3, 0.4) is 0 Å². The van der Waals surface area contributed by atoms with Gasteiger partial charge >= 0.3 is 12.1 Å². The first-order valence-electron chi connectivity index (χ1n) is 11.4. The van der Waals surface area contributed by atoms with Crippen LogP contribution in [0.15, 0.2) is 24.3 Å². The van der Waals surface area contributed by atoms with Crippen LogP contribution >= 0.6 is 0 Å². The van der Waals surface area contributed by atoms with Gasteiger partial charge in [0.1, 0.15) is 11.9 Å². The Labute approximate surface area is 192 Å². The van der Waals surface area contributed by atoms with Gasteiger partial charge in [-0.3, -0.25) is 4.79 Å². The lowest BCUT2D eigenvalue weighted by Crippen LogP contribution is -2.37. The van der Waals surface area contributed by atoms with E-state index >= 15 is 0 Å². The summed E-state index contributed by atoms with van der Waals surface area (Å²) in [5.41, 5.74) is 1.54. The summed E-state index contributed by atoms with van der Waals surface area (Å²) in [6.07, 6.45) is 7.61. The third kappa shape index (κ3) is 15.4. The molecular weight excluding hydrogens is 410 g/mol. The van der Waals surface area contributed by atoms with Gasteiger partial charge in [0.2, 0.25) is 0 Å². The lowest BCUT2D eigenvalue weighted by molar-refractivity contribution is -0.137. The Morgan fingerprint density at radius 1 is 1.00 bits per heavy atom. The number of carbonyl (C=O) groups is 3. The van der Waals surface area contributed by atoms with Crippen molar-refractivity contribution in [2.24, 2.45) is 0 Å². The maximum absolute atomic E-state index is 12.7. The Bertz CT molecular complexity index is 669. The summed E-state index contributed by atoms with van der Waals surface area (Å²) < 4.78 is 5.59. The van der Waals surface area contributed by atoms with E-state index in [1.807, 2.05) is 45.0 Å². The zero-order chi connectivity index (χ0) is 24.4. The summed E-state index contributed by atoms with van der Waals surface area (Å²) in [6.45, 7) is 6.66. The van der Waals surface area contributed by atoms with Crippen molar-refractivity contribution in [1.29, 1.82) is 0 Å². The zero-order valence-corrected chi connectivity index (χ0v) is 20.1. The predicted molar refractivity (Wildman–Crippen MR) is 126 cm³/mol. The quantitative estimate of drug-likeness (QED) is 0.305. The number of rotatable bonds is 14. The van der Waals surface area contributed by atoms with Gasteiger partial charge in [-0.15, -0.1) is 0 Å². The van der Waals surface area contributed by atoms with Gasteiger partial charge in [-0.1, -0.05) is 43.5 Å². The number of carboxylic acid groups (broad SMARTS) is 1. The van der Waals surface area contributed by atoms with Crippen molar-refractivity contribution in [3.8, 4) is 0 Å². The van der Waals surface area contributed by atoms with Crippen molar-refractivity contribution in [3.63, 3.8) is 0 Å². The minimum absolute atomic E-state index is 0.154. The fourth-order valence-corrected chi connectivity index (χ4v) is 3.17. The average Bonchev–Trinajstić information content (AvgIpc) is 2.72. The topological polar surface area (TPSA) is 104 Å². The van der Waals surface area contributed by atoms with E-state index < -0.39 is 11.6 Å². The van der Waals surface area contributed by atoms with Crippen LogP contribution in [-0.2, 0) is 27.3 Å². The summed E-state index contributed by atoms with van der Waals surface area (Å²) in [5, 5.41) is 15.8. The van der Waals surface area contributed by atoms with Crippen LogP contribution in [0, 0.1) is 0 Å². The molecular formula is C25H41NO6. The molecule has 7 nitrogen and oxygen atoms in total. The van der Waals surface area contributed by atoms with Gasteiger partial charge in [0.15, 0.2) is 0 Å². The SMILES string of the molecule is CC(C)(C)OC(=O)N(CCCCCCCC=O)Cc1cccc(CCCC(=O)O)c1.CO. The zero-order valence-electron chi connectivity index (χ0n) is 20.1. The van der Waals surface area contributed by atoms with Crippen molar-refractivity contribution in [3.05, 3.63) is 35.4 Å². The highest BCUT2D eigenvalue weighted by molar-refractivity contribution is 5.68. The number of aliphatic hydroxyl groups is 1. The average molecular weight is 452 g/mol. The molecule has 0 unspecified atom stereocenters. The Hall–Kier alpha value is -2.41. The molecule has 0 radical (unpaired) electrons. The molecule has 0 aromatic heterocycles. The second-order valence-corrected chi connectivity index (χ2v) is 8.69. The van der Waals surface area contributed by atoms with Gasteiger partial charge in [-0.25, -0.2) is 4.79 Å². The van der Waals surface area contributed by atoms with Crippen molar-refractivity contribution < 1.29 is 29.3 Å². The number of carbonyl (C=O) groups excluding carboxylic acids is 2. The molecule has 2 N–H and O–H groups in total. The van der Waals surface area contributed by atoms with Gasteiger partial charge in [-0.2, -0.15) is 0 Å². The van der Waals surface area contributed by atoms with Crippen LogP contribution in [0.4, 0.5) is 4.79 Å². The molecule has 0 saturated heterocycles. The van der Waals surface area contributed by atoms with Gasteiger partial charge < -0.3 is 24.6 Å². The Kier molecular flexibility index (Phi) is 15.9. The van der Waals surface area contributed by atoms with Crippen molar-refractivity contribution in [2.75, 3.05) is 13.7 Å². The van der Waals surface area contributed by atoms with Crippen molar-refractivity contribution in [1.82, 2.24) is 4.90 Å². The highest BCUT2D eigenvalue weighted by Gasteiger charge is 2.22. The minimum Gasteiger partial charge on any atom is -0.481 e. The molecule has 32 heavy (non-hydrogen) atoms. The van der Waals surface area contributed by atoms with E-state index in [0.717, 1.165) is 56.6 Å². The van der Waals surface area contributed by atoms with E-state index in [4.69, 9.17) is 14.9 Å². The highest BCUT2D eigenvalue weighted by Crippen LogP contribution is 2.16. The molecule has 0 saturated carbocycles. The lowest BCUT2D eigenvalue weighted by atomic mass is 10.0. The fraction of sp³-hybridized carbons (Fsp3) is 0.640. The van der Waals surface area contributed by atoms with Gasteiger partial charge in [0.25, 0.3) is 0 Å². The number of unbranched alkanes of at least 4 members (excludes halogenated alkanes) is 5. The van der Waals surface area contributed by atoms with E-state index in [1.165, 1.54) is 0 Å². The lowest BCUT2D eigenvalue weighted by Gasteiger charge is -2.27. The van der Waals surface area contributed by atoms with Crippen LogP contribution in [0.1, 0.15) is 83.3 Å². The maximum Gasteiger partial charge on any atom is 0.410 e. The number of aliphatic hydroxyl groups excluding tert-OH is 1. The number of ether oxygens (including phenoxy) is 1. The van der Waals surface area contributed by atoms with Gasteiger partial charge in [-0.05, 0) is 57.6 Å². The molecule has 0 bridgehead atoms. The summed E-state index contributed by atoms with van der Waals surface area (Å²) in [7, 11) is 1.00. The molecule has 0 fully saturated rings. The molecule has 0 aliphatic carbocycles. The second-order valence-electron chi connectivity index (χ2n) is 8.69. The summed E-state index contributed by atoms with van der Waals surface area (Å²) in [4.78, 5) is 35.5. The number of hydrogen-bond donors (Lipinski definition) is 2. The van der Waals surface area contributed by atoms with Gasteiger partial charge in [0, 0.05) is 33.0 Å². The number of aldehydes is 1. The predicted octanol–water partition coefficient (Wildman–Crippen LogP) is 4.98. The number of aryl methyl sites for hydroxylation is 1. The van der Waals surface area contributed by atoms with Crippen molar-refractivity contribution in [2.45, 2.75) is 90.7 Å². The number of aliphatic carboxylic acids is 1. The van der Waals surface area contributed by atoms with E-state index in [2.05, 4.69) is 0 Å². The fourth-order valence-electron chi connectivity index (χ4n) is 3.17. The largest absolute Gasteiger partial charge is 0.481 e. The number of nitrogens with zero attached hydrogens (tertiary/aromatic N) is 1. The molecule has 1 aromatic carbocycles. The number of benzene rings is 1. The minimum atomic E-state index is -0.784. The summed E-state index contributed by atoms with van der Waals surface area (Å²) in [6, 6.07) is 7.96. The molecule has 0 atom stereocenters. The second kappa shape index (κ2) is 17.2. The van der Waals surface area contributed by atoms with Crippen molar-refractivity contribution >= 4 is 18.3 Å². The number of hydrogen-bond acceptors (Lipinski definition) is 5. The number of amides is 1. The summed E-state index contributed by atoms with van der Waals surface area (Å²) in [5.74, 6) is -0.784. The van der Waals surface area contributed by atoms with Crippen LogP contribution in [0.25, 0.3) is 0 Å². The van der Waals surface area contributed by atoms with Crippen LogP contribution in [-0.4, -0.2) is 52.7 Å². The third-order valence-corrected chi connectivity index (χ3v) is 4.62. The standard InChI is InChI=1S/C24H37NO5.CH4O/c1-24(2,3)30-23(29)25(16-8-6-4-5-7-9-17-26)19-21-14-10-12-20(18-21)13-11-15-22(27)28;1-2/h10,12,14,17-18H,4-9,11,13,15-16,19H2,1-3H3,(H,27,28);2H,1H3. The smallest absolute Gasteiger partial charge is 0.410 e. The Morgan fingerprint density at radius 3 is 2.25 bits per heavy atom. The first-order chi connectivity index (χ1) is 15.2. The molecule has 0 aliphatic rings. The van der Waals surface area contributed by atoms with E-state index in [9.17, 15) is 14.4 Å². The van der Waals surface area contributed by atoms with Crippen LogP contribution < -0.4 is 0 Å². The molecule has 1 aromatic rings. The molecule has 0 spiro atoms. The molecule has 1 amide bonds. The van der Waals surface area contributed by atoms with E-state index in [1.54, 1.807) is 4.90 Å². The first-order valence-corrected chi connectivity index (χ1v) is 11.4. The first kappa shape index (κ1) is 29.6. The van der Waals surface area contributed by atoms with E-state index in [-0.39, 0.29) is 12.5 Å². The highest BCUT2D eigenvalue weighted by atomic mass is 16.6. The van der Waals surface area contributed by atoms with E-state index in [0.29, 0.717) is 32.4 Å². The molecule has 0 aliphatic heterocycles. The third-order valence-electron chi connectivity index (χ3n) is 4.62. The van der Waals surface area contributed by atoms with Crippen LogP contribution in [0.2, 0.25) is 0 Å². The maximum atomic E-state index is 12.7. The molecule has 0 heterocycles. The summed E-state index contributed by atoms with van der Waals surface area (Å²) >= 11 is 0. The normalized spacial score (nSPS) is 10.7. The monoisotopic (exact) mass is 451 g/mol. The number of carboxylic acids is 1.